The Labute approximate surface area is 70.1 Å². The molecule has 0 aromatic heterocycles. The highest BCUT2D eigenvalue weighted by molar-refractivity contribution is 4.76. The topological polar surface area (TPSA) is 9.23 Å². The van der Waals surface area contributed by atoms with Crippen molar-refractivity contribution in [3.63, 3.8) is 0 Å². The van der Waals surface area contributed by atoms with E-state index in [1.54, 1.807) is 0 Å². The van der Waals surface area contributed by atoms with Gasteiger partial charge in [0, 0.05) is 13.7 Å². The van der Waals surface area contributed by atoms with Gasteiger partial charge in [-0.25, -0.2) is 0 Å². The maximum absolute atomic E-state index is 5.22. The van der Waals surface area contributed by atoms with E-state index >= 15 is 0 Å². The third-order valence-electron chi connectivity index (χ3n) is 3.14. The average Bonchev–Trinajstić information content (AvgIpc) is 1.97. The molecule has 0 saturated heterocycles. The van der Waals surface area contributed by atoms with Crippen molar-refractivity contribution in [1.29, 1.82) is 0 Å². The fourth-order valence-electron chi connectivity index (χ4n) is 2.27. The molecule has 0 radical (unpaired) electrons. The third kappa shape index (κ3) is 2.19. The molecule has 1 saturated carbocycles. The van der Waals surface area contributed by atoms with E-state index in [0.29, 0.717) is 0 Å². The van der Waals surface area contributed by atoms with Crippen LogP contribution >= 0.6 is 0 Å². The van der Waals surface area contributed by atoms with Crippen LogP contribution in [0.25, 0.3) is 0 Å². The van der Waals surface area contributed by atoms with E-state index in [-0.39, 0.29) is 0 Å². The van der Waals surface area contributed by atoms with Gasteiger partial charge >= 0.3 is 0 Å². The van der Waals surface area contributed by atoms with Gasteiger partial charge in [-0.3, -0.25) is 0 Å². The van der Waals surface area contributed by atoms with Crippen LogP contribution in [0.2, 0.25) is 0 Å². The molecule has 0 bridgehead atoms. The first-order valence-corrected chi connectivity index (χ1v) is 4.74. The number of methoxy groups -OCH3 is 1. The van der Waals surface area contributed by atoms with E-state index in [9.17, 15) is 0 Å². The van der Waals surface area contributed by atoms with Crippen molar-refractivity contribution < 1.29 is 4.74 Å². The van der Waals surface area contributed by atoms with Gasteiger partial charge in [0.1, 0.15) is 0 Å². The molecule has 1 aliphatic rings. The first-order valence-electron chi connectivity index (χ1n) is 4.74. The zero-order valence-corrected chi connectivity index (χ0v) is 7.97. The number of ether oxygens (including phenoxy) is 1. The second-order valence-electron chi connectivity index (χ2n) is 4.00. The molecule has 66 valence electrons. The lowest BCUT2D eigenvalue weighted by molar-refractivity contribution is 0.0663. The minimum atomic E-state index is 0.814. The highest BCUT2D eigenvalue weighted by Crippen LogP contribution is 2.34. The highest BCUT2D eigenvalue weighted by atomic mass is 16.5. The highest BCUT2D eigenvalue weighted by Gasteiger charge is 2.27. The summed E-state index contributed by atoms with van der Waals surface area (Å²) in [5, 5.41) is 0. The fourth-order valence-corrected chi connectivity index (χ4v) is 2.27. The molecule has 0 heterocycles. The predicted molar refractivity (Wildman–Crippen MR) is 47.5 cm³/mol. The van der Waals surface area contributed by atoms with Crippen LogP contribution in [0.15, 0.2) is 0 Å². The summed E-state index contributed by atoms with van der Waals surface area (Å²) in [6.45, 7) is 5.68. The summed E-state index contributed by atoms with van der Waals surface area (Å²) in [4.78, 5) is 0. The molecule has 1 heteroatoms. The van der Waals surface area contributed by atoms with Gasteiger partial charge in [0.25, 0.3) is 0 Å². The summed E-state index contributed by atoms with van der Waals surface area (Å²) in [5.41, 5.74) is 0. The van der Waals surface area contributed by atoms with Crippen molar-refractivity contribution in [1.82, 2.24) is 0 Å². The molecule has 0 aliphatic heterocycles. The molecule has 0 aromatic carbocycles. The van der Waals surface area contributed by atoms with Crippen molar-refractivity contribution in [2.45, 2.75) is 33.1 Å². The summed E-state index contributed by atoms with van der Waals surface area (Å²) in [6, 6.07) is 0. The van der Waals surface area contributed by atoms with E-state index in [4.69, 9.17) is 4.74 Å². The van der Waals surface area contributed by atoms with Gasteiger partial charge in [0.15, 0.2) is 0 Å². The predicted octanol–water partition coefficient (Wildman–Crippen LogP) is 2.71. The minimum Gasteiger partial charge on any atom is -0.384 e. The van der Waals surface area contributed by atoms with Crippen LogP contribution in [0, 0.1) is 17.8 Å². The Bertz CT molecular complexity index is 101. The Morgan fingerprint density at radius 1 is 1.18 bits per heavy atom. The molecule has 0 N–H and O–H groups in total. The largest absolute Gasteiger partial charge is 0.384 e. The molecule has 1 nitrogen and oxygen atoms in total. The van der Waals surface area contributed by atoms with Gasteiger partial charge in [-0.1, -0.05) is 33.1 Å². The molecule has 0 amide bonds. The Balaban J connectivity index is 2.41. The van der Waals surface area contributed by atoms with E-state index in [2.05, 4.69) is 13.8 Å². The first-order chi connectivity index (χ1) is 5.25. The normalized spacial score (nSPS) is 39.0. The summed E-state index contributed by atoms with van der Waals surface area (Å²) < 4.78 is 5.22. The van der Waals surface area contributed by atoms with E-state index in [0.717, 1.165) is 24.4 Å². The van der Waals surface area contributed by atoms with Crippen molar-refractivity contribution in [3.8, 4) is 0 Å². The second-order valence-corrected chi connectivity index (χ2v) is 4.00. The molecule has 0 spiro atoms. The standard InChI is InChI=1S/C10H20O/c1-8-5-4-6-9(2)10(8)7-11-3/h8-10H,4-7H2,1-3H3/t8-,9+,10+. The van der Waals surface area contributed by atoms with Gasteiger partial charge in [0.05, 0.1) is 0 Å². The van der Waals surface area contributed by atoms with Crippen LogP contribution in [0.4, 0.5) is 0 Å². The van der Waals surface area contributed by atoms with Gasteiger partial charge in [-0.15, -0.1) is 0 Å². The quantitative estimate of drug-likeness (QED) is 0.597. The molecule has 11 heavy (non-hydrogen) atoms. The Hall–Kier alpha value is -0.0400. The molecular weight excluding hydrogens is 136 g/mol. The van der Waals surface area contributed by atoms with Gasteiger partial charge in [-0.05, 0) is 17.8 Å². The van der Waals surface area contributed by atoms with E-state index in [1.807, 2.05) is 7.11 Å². The average molecular weight is 156 g/mol. The molecule has 3 atom stereocenters. The van der Waals surface area contributed by atoms with E-state index in [1.165, 1.54) is 19.3 Å². The van der Waals surface area contributed by atoms with Crippen molar-refractivity contribution >= 4 is 0 Å². The van der Waals surface area contributed by atoms with Crippen LogP contribution in [-0.2, 0) is 4.74 Å². The Kier molecular flexibility index (Phi) is 3.38. The summed E-state index contributed by atoms with van der Waals surface area (Å²) in [6.07, 6.45) is 4.22. The maximum Gasteiger partial charge on any atom is 0.0495 e. The minimum absolute atomic E-state index is 0.814. The molecular formula is C10H20O. The smallest absolute Gasteiger partial charge is 0.0495 e. The van der Waals surface area contributed by atoms with Crippen LogP contribution in [0.1, 0.15) is 33.1 Å². The van der Waals surface area contributed by atoms with Crippen LogP contribution < -0.4 is 0 Å². The molecule has 0 unspecified atom stereocenters. The van der Waals surface area contributed by atoms with Crippen molar-refractivity contribution in [3.05, 3.63) is 0 Å². The van der Waals surface area contributed by atoms with Gasteiger partial charge in [-0.2, -0.15) is 0 Å². The van der Waals surface area contributed by atoms with Crippen LogP contribution in [0.3, 0.4) is 0 Å². The number of hydrogen-bond donors (Lipinski definition) is 0. The molecule has 1 fully saturated rings. The van der Waals surface area contributed by atoms with Gasteiger partial charge in [0.2, 0.25) is 0 Å². The summed E-state index contributed by atoms with van der Waals surface area (Å²) in [5.74, 6) is 2.56. The van der Waals surface area contributed by atoms with Crippen LogP contribution in [-0.4, -0.2) is 13.7 Å². The lowest BCUT2D eigenvalue weighted by Crippen LogP contribution is -2.28. The van der Waals surface area contributed by atoms with E-state index < -0.39 is 0 Å². The zero-order chi connectivity index (χ0) is 8.27. The fraction of sp³-hybridized carbons (Fsp3) is 1.00. The summed E-state index contributed by atoms with van der Waals surface area (Å²) in [7, 11) is 1.81. The number of hydrogen-bond acceptors (Lipinski definition) is 1. The van der Waals surface area contributed by atoms with Crippen molar-refractivity contribution in [2.75, 3.05) is 13.7 Å². The van der Waals surface area contributed by atoms with Gasteiger partial charge < -0.3 is 4.74 Å². The van der Waals surface area contributed by atoms with Crippen LogP contribution in [0.5, 0.6) is 0 Å². The lowest BCUT2D eigenvalue weighted by Gasteiger charge is -2.33. The lowest BCUT2D eigenvalue weighted by atomic mass is 9.74. The molecule has 1 aliphatic carbocycles. The Morgan fingerprint density at radius 2 is 1.73 bits per heavy atom. The molecule has 0 aromatic rings. The monoisotopic (exact) mass is 156 g/mol. The third-order valence-corrected chi connectivity index (χ3v) is 3.14. The molecule has 1 rings (SSSR count). The summed E-state index contributed by atoms with van der Waals surface area (Å²) >= 11 is 0. The zero-order valence-electron chi connectivity index (χ0n) is 7.97. The maximum atomic E-state index is 5.22. The first kappa shape index (κ1) is 9.05. The number of rotatable bonds is 2. The second kappa shape index (κ2) is 4.10. The SMILES string of the molecule is COC[C@H]1[C@H](C)CCC[C@@H]1C. The Morgan fingerprint density at radius 3 is 2.18 bits per heavy atom. The van der Waals surface area contributed by atoms with Crippen molar-refractivity contribution in [2.24, 2.45) is 17.8 Å².